The molecular weight excluding hydrogens is 408 g/mol. The van der Waals surface area contributed by atoms with Gasteiger partial charge < -0.3 is 15.0 Å². The van der Waals surface area contributed by atoms with E-state index in [0.717, 1.165) is 0 Å². The fraction of sp³-hybridized carbons (Fsp3) is 0.250. The number of hydrogen-bond donors (Lipinski definition) is 2. The number of hydrogen-bond acceptors (Lipinski definition) is 7. The summed E-state index contributed by atoms with van der Waals surface area (Å²) < 4.78 is 5.28. The van der Waals surface area contributed by atoms with Gasteiger partial charge in [0, 0.05) is 36.0 Å². The van der Waals surface area contributed by atoms with Gasteiger partial charge in [0.2, 0.25) is 0 Å². The third-order valence-electron chi connectivity index (χ3n) is 4.54. The summed E-state index contributed by atoms with van der Waals surface area (Å²) >= 11 is 5.15. The second-order valence-corrected chi connectivity index (χ2v) is 7.01. The number of anilines is 2. The molecule has 1 amide bonds. The largest absolute Gasteiger partial charge is 0.378 e. The number of benzene rings is 2. The minimum atomic E-state index is -0.577. The highest BCUT2D eigenvalue weighted by molar-refractivity contribution is 7.80. The topological polar surface area (TPSA) is 114 Å². The Morgan fingerprint density at radius 2 is 1.87 bits per heavy atom. The number of thiocarbonyl (C=S) groups is 1. The number of Topliss-reactive ketones (excluding diaryl/α,β-unsaturated/α-hetero) is 1. The average Bonchev–Trinajstić information content (AvgIpc) is 2.74. The highest BCUT2D eigenvalue weighted by Gasteiger charge is 2.23. The van der Waals surface area contributed by atoms with Crippen LogP contribution in [0.4, 0.5) is 17.1 Å². The molecule has 0 atom stereocenters. The number of amides is 1. The maximum atomic E-state index is 12.5. The highest BCUT2D eigenvalue weighted by Crippen LogP contribution is 2.30. The predicted molar refractivity (Wildman–Crippen MR) is 116 cm³/mol. The van der Waals surface area contributed by atoms with Crippen molar-refractivity contribution in [3.05, 3.63) is 63.7 Å². The fourth-order valence-corrected chi connectivity index (χ4v) is 3.25. The second kappa shape index (κ2) is 9.42. The number of carbonyl (C=O) groups is 2. The van der Waals surface area contributed by atoms with Gasteiger partial charge in [-0.15, -0.1) is 0 Å². The van der Waals surface area contributed by atoms with E-state index in [9.17, 15) is 19.7 Å². The zero-order chi connectivity index (χ0) is 21.7. The molecular formula is C20H20N4O5S. The molecule has 0 aromatic heterocycles. The number of nitro benzene ring substituents is 1. The zero-order valence-electron chi connectivity index (χ0n) is 16.2. The van der Waals surface area contributed by atoms with E-state index in [1.54, 1.807) is 30.3 Å². The van der Waals surface area contributed by atoms with Gasteiger partial charge >= 0.3 is 0 Å². The molecule has 3 rings (SSSR count). The monoisotopic (exact) mass is 428 g/mol. The lowest BCUT2D eigenvalue weighted by atomic mass is 10.1. The smallest absolute Gasteiger partial charge is 0.293 e. The van der Waals surface area contributed by atoms with Crippen LogP contribution in [0, 0.1) is 10.1 Å². The Bertz CT molecular complexity index is 1000. The molecule has 156 valence electrons. The normalized spacial score (nSPS) is 13.4. The highest BCUT2D eigenvalue weighted by atomic mass is 32.1. The Hall–Kier alpha value is -3.37. The Morgan fingerprint density at radius 3 is 2.53 bits per heavy atom. The van der Waals surface area contributed by atoms with Crippen LogP contribution in [0.25, 0.3) is 0 Å². The number of nitrogens with zero attached hydrogens (tertiary/aromatic N) is 2. The van der Waals surface area contributed by atoms with Gasteiger partial charge in [0.05, 0.1) is 18.1 Å². The Balaban J connectivity index is 1.72. The molecule has 0 saturated carbocycles. The van der Waals surface area contributed by atoms with Crippen LogP contribution in [-0.2, 0) is 4.74 Å². The van der Waals surface area contributed by atoms with Gasteiger partial charge in [0.15, 0.2) is 10.9 Å². The molecule has 30 heavy (non-hydrogen) atoms. The lowest BCUT2D eigenvalue weighted by molar-refractivity contribution is -0.384. The predicted octanol–water partition coefficient (Wildman–Crippen LogP) is 2.76. The molecule has 1 fully saturated rings. The number of rotatable bonds is 5. The molecule has 2 N–H and O–H groups in total. The molecule has 0 unspecified atom stereocenters. The van der Waals surface area contributed by atoms with E-state index in [-0.39, 0.29) is 22.1 Å². The number of ketones is 1. The van der Waals surface area contributed by atoms with Crippen LogP contribution in [0.3, 0.4) is 0 Å². The Kier molecular flexibility index (Phi) is 6.70. The summed E-state index contributed by atoms with van der Waals surface area (Å²) in [4.78, 5) is 36.9. The maximum Gasteiger partial charge on any atom is 0.293 e. The molecule has 1 saturated heterocycles. The SMILES string of the molecule is CC(=O)c1cccc(NC(=S)NC(=O)c2ccc(N3CCOCC3)c([N+](=O)[O-])c2)c1. The first-order valence-corrected chi connectivity index (χ1v) is 9.60. The van der Waals surface area contributed by atoms with E-state index in [1.165, 1.54) is 19.1 Å². The first-order valence-electron chi connectivity index (χ1n) is 9.19. The van der Waals surface area contributed by atoms with Crippen molar-refractivity contribution >= 4 is 46.1 Å². The van der Waals surface area contributed by atoms with Gasteiger partial charge in [0.25, 0.3) is 11.6 Å². The first-order chi connectivity index (χ1) is 14.3. The van der Waals surface area contributed by atoms with Crippen LogP contribution in [0.2, 0.25) is 0 Å². The molecule has 0 spiro atoms. The first kappa shape index (κ1) is 21.3. The van der Waals surface area contributed by atoms with Gasteiger partial charge in [-0.05, 0) is 43.4 Å². The van der Waals surface area contributed by atoms with Crippen molar-refractivity contribution in [2.75, 3.05) is 36.5 Å². The van der Waals surface area contributed by atoms with Crippen LogP contribution in [-0.4, -0.2) is 48.0 Å². The lowest BCUT2D eigenvalue weighted by Crippen LogP contribution is -2.37. The summed E-state index contributed by atoms with van der Waals surface area (Å²) in [5.41, 5.74) is 1.45. The lowest BCUT2D eigenvalue weighted by Gasteiger charge is -2.28. The van der Waals surface area contributed by atoms with Gasteiger partial charge in [-0.2, -0.15) is 0 Å². The van der Waals surface area contributed by atoms with Crippen LogP contribution >= 0.6 is 12.2 Å². The second-order valence-electron chi connectivity index (χ2n) is 6.61. The molecule has 1 aliphatic rings. The van der Waals surface area contributed by atoms with E-state index in [4.69, 9.17) is 17.0 Å². The molecule has 0 aliphatic carbocycles. The molecule has 0 radical (unpaired) electrons. The maximum absolute atomic E-state index is 12.5. The molecule has 2 aromatic carbocycles. The zero-order valence-corrected chi connectivity index (χ0v) is 17.0. The Labute approximate surface area is 178 Å². The minimum Gasteiger partial charge on any atom is -0.378 e. The van der Waals surface area contributed by atoms with Crippen molar-refractivity contribution in [3.8, 4) is 0 Å². The van der Waals surface area contributed by atoms with Crippen LogP contribution < -0.4 is 15.5 Å². The van der Waals surface area contributed by atoms with E-state index in [1.807, 2.05) is 4.90 Å². The summed E-state index contributed by atoms with van der Waals surface area (Å²) in [6.07, 6.45) is 0. The number of nitro groups is 1. The van der Waals surface area contributed by atoms with Gasteiger partial charge in [-0.3, -0.25) is 25.0 Å². The molecule has 10 heteroatoms. The Morgan fingerprint density at radius 1 is 1.13 bits per heavy atom. The van der Waals surface area contributed by atoms with Crippen molar-refractivity contribution in [3.63, 3.8) is 0 Å². The molecule has 1 heterocycles. The number of morpholine rings is 1. The molecule has 1 aliphatic heterocycles. The summed E-state index contributed by atoms with van der Waals surface area (Å²) in [6, 6.07) is 11.0. The third-order valence-corrected chi connectivity index (χ3v) is 4.74. The summed E-state index contributed by atoms with van der Waals surface area (Å²) in [5.74, 6) is -0.673. The van der Waals surface area contributed by atoms with Gasteiger partial charge in [0.1, 0.15) is 5.69 Å². The molecule has 0 bridgehead atoms. The van der Waals surface area contributed by atoms with E-state index in [2.05, 4.69) is 10.6 Å². The standard InChI is InChI=1S/C20H20N4O5S/c1-13(25)14-3-2-4-16(11-14)21-20(30)22-19(26)15-5-6-17(18(12-15)24(27)28)23-7-9-29-10-8-23/h2-6,11-12H,7-10H2,1H3,(H2,21,22,26,30). The third kappa shape index (κ3) is 5.16. The van der Waals surface area contributed by atoms with Crippen molar-refractivity contribution in [2.24, 2.45) is 0 Å². The van der Waals surface area contributed by atoms with Crippen molar-refractivity contribution in [2.45, 2.75) is 6.92 Å². The fourth-order valence-electron chi connectivity index (χ4n) is 3.04. The summed E-state index contributed by atoms with van der Waals surface area (Å²) in [6.45, 7) is 3.51. The minimum absolute atomic E-state index is 0.0145. The van der Waals surface area contributed by atoms with Crippen LogP contribution in [0.1, 0.15) is 27.6 Å². The van der Waals surface area contributed by atoms with Crippen molar-refractivity contribution in [1.29, 1.82) is 0 Å². The summed E-state index contributed by atoms with van der Waals surface area (Å²) in [7, 11) is 0. The van der Waals surface area contributed by atoms with E-state index >= 15 is 0 Å². The van der Waals surface area contributed by atoms with E-state index in [0.29, 0.717) is 43.2 Å². The van der Waals surface area contributed by atoms with E-state index < -0.39 is 10.8 Å². The summed E-state index contributed by atoms with van der Waals surface area (Å²) in [5, 5.41) is 16.9. The number of ether oxygens (including phenoxy) is 1. The number of nitrogens with one attached hydrogen (secondary N) is 2. The molecule has 2 aromatic rings. The van der Waals surface area contributed by atoms with Crippen molar-refractivity contribution in [1.82, 2.24) is 5.32 Å². The quantitative estimate of drug-likeness (QED) is 0.323. The van der Waals surface area contributed by atoms with Gasteiger partial charge in [-0.25, -0.2) is 0 Å². The van der Waals surface area contributed by atoms with Crippen LogP contribution in [0.5, 0.6) is 0 Å². The van der Waals surface area contributed by atoms with Crippen LogP contribution in [0.15, 0.2) is 42.5 Å². The van der Waals surface area contributed by atoms with Crippen molar-refractivity contribution < 1.29 is 19.2 Å². The molecule has 9 nitrogen and oxygen atoms in total. The average molecular weight is 428 g/mol. The number of carbonyl (C=O) groups excluding carboxylic acids is 2. The van der Waals surface area contributed by atoms with Gasteiger partial charge in [-0.1, -0.05) is 12.1 Å².